The van der Waals surface area contributed by atoms with Gasteiger partial charge in [0.2, 0.25) is 11.8 Å². The van der Waals surface area contributed by atoms with Gasteiger partial charge in [-0.2, -0.15) is 0 Å². The van der Waals surface area contributed by atoms with E-state index in [1.165, 1.54) is 30.2 Å². The van der Waals surface area contributed by atoms with Crippen LogP contribution in [-0.4, -0.2) is 51.4 Å². The zero-order valence-corrected chi connectivity index (χ0v) is 25.8. The molecule has 0 saturated heterocycles. The summed E-state index contributed by atoms with van der Waals surface area (Å²) < 4.78 is 34.1. The number of nitrogens with one attached hydrogen (secondary N) is 1. The summed E-state index contributed by atoms with van der Waals surface area (Å²) in [5, 5.41) is 3.55. The minimum Gasteiger partial charge on any atom is -0.497 e. The number of benzene rings is 3. The van der Waals surface area contributed by atoms with Gasteiger partial charge in [0.1, 0.15) is 18.3 Å². The van der Waals surface area contributed by atoms with Crippen LogP contribution in [-0.2, 0) is 26.2 Å². The molecule has 0 radical (unpaired) electrons. The van der Waals surface area contributed by atoms with E-state index in [0.29, 0.717) is 27.9 Å². The fourth-order valence-corrected chi connectivity index (χ4v) is 6.15. The number of anilines is 1. The second kappa shape index (κ2) is 14.6. The predicted molar refractivity (Wildman–Crippen MR) is 163 cm³/mol. The predicted octanol–water partition coefficient (Wildman–Crippen LogP) is 5.78. The highest BCUT2D eigenvalue weighted by atomic mass is 35.5. The number of nitrogens with zero attached hydrogens (tertiary/aromatic N) is 2. The molecule has 0 aliphatic carbocycles. The van der Waals surface area contributed by atoms with Crippen molar-refractivity contribution in [3.05, 3.63) is 88.4 Å². The van der Waals surface area contributed by atoms with Crippen LogP contribution in [0.5, 0.6) is 5.75 Å². The van der Waals surface area contributed by atoms with E-state index in [2.05, 4.69) is 5.32 Å². The second-order valence-electron chi connectivity index (χ2n) is 9.81. The van der Waals surface area contributed by atoms with Gasteiger partial charge >= 0.3 is 0 Å². The number of amides is 2. The third-order valence-corrected chi connectivity index (χ3v) is 8.91. The fraction of sp³-hybridized carbons (Fsp3) is 0.333. The summed E-state index contributed by atoms with van der Waals surface area (Å²) >= 11 is 12.9. The minimum absolute atomic E-state index is 0.0121. The lowest BCUT2D eigenvalue weighted by Gasteiger charge is -2.33. The molecule has 8 nitrogen and oxygen atoms in total. The third kappa shape index (κ3) is 8.15. The maximum absolute atomic E-state index is 14.2. The summed E-state index contributed by atoms with van der Waals surface area (Å²) in [7, 11) is -2.72. The Morgan fingerprint density at radius 1 is 0.951 bits per heavy atom. The van der Waals surface area contributed by atoms with Crippen LogP contribution in [0.2, 0.25) is 10.0 Å². The van der Waals surface area contributed by atoms with Crippen molar-refractivity contribution in [3.8, 4) is 5.75 Å². The van der Waals surface area contributed by atoms with E-state index >= 15 is 0 Å². The normalized spacial score (nSPS) is 12.1. The molecule has 0 unspecified atom stereocenters. The molecule has 0 saturated carbocycles. The van der Waals surface area contributed by atoms with E-state index in [1.807, 2.05) is 13.8 Å². The van der Waals surface area contributed by atoms with Crippen LogP contribution in [0.25, 0.3) is 0 Å². The number of carbonyl (C=O) groups excluding carboxylic acids is 2. The lowest BCUT2D eigenvalue weighted by atomic mass is 10.1. The molecular weight excluding hydrogens is 585 g/mol. The van der Waals surface area contributed by atoms with Crippen molar-refractivity contribution in [1.82, 2.24) is 10.2 Å². The highest BCUT2D eigenvalue weighted by molar-refractivity contribution is 7.92. The summed E-state index contributed by atoms with van der Waals surface area (Å²) in [4.78, 5) is 28.8. The van der Waals surface area contributed by atoms with Gasteiger partial charge in [0.15, 0.2) is 0 Å². The lowest BCUT2D eigenvalue weighted by molar-refractivity contribution is -0.140. The molecule has 0 fully saturated rings. The summed E-state index contributed by atoms with van der Waals surface area (Å²) in [5.41, 5.74) is 0.688. The van der Waals surface area contributed by atoms with Crippen LogP contribution in [0.4, 0.5) is 5.69 Å². The maximum atomic E-state index is 14.2. The molecule has 41 heavy (non-hydrogen) atoms. The molecule has 0 bridgehead atoms. The van der Waals surface area contributed by atoms with Gasteiger partial charge in [0.05, 0.1) is 17.7 Å². The Kier molecular flexibility index (Phi) is 11.5. The van der Waals surface area contributed by atoms with Gasteiger partial charge in [-0.15, -0.1) is 0 Å². The van der Waals surface area contributed by atoms with Crippen LogP contribution in [0.3, 0.4) is 0 Å². The van der Waals surface area contributed by atoms with Crippen LogP contribution in [0.1, 0.15) is 32.8 Å². The van der Waals surface area contributed by atoms with E-state index in [4.69, 9.17) is 27.9 Å². The largest absolute Gasteiger partial charge is 0.497 e. The first kappa shape index (κ1) is 32.2. The smallest absolute Gasteiger partial charge is 0.264 e. The average Bonchev–Trinajstić information content (AvgIpc) is 2.96. The first-order valence-electron chi connectivity index (χ1n) is 13.2. The lowest BCUT2D eigenvalue weighted by Crippen LogP contribution is -2.52. The van der Waals surface area contributed by atoms with Crippen molar-refractivity contribution in [3.63, 3.8) is 0 Å². The number of carbonyl (C=O) groups is 2. The Labute approximate surface area is 252 Å². The Hall–Kier alpha value is -3.27. The molecule has 11 heteroatoms. The Morgan fingerprint density at radius 3 is 2.17 bits per heavy atom. The maximum Gasteiger partial charge on any atom is 0.264 e. The molecule has 220 valence electrons. The molecule has 0 aliphatic rings. The van der Waals surface area contributed by atoms with E-state index in [-0.39, 0.29) is 35.4 Å². The first-order chi connectivity index (χ1) is 19.5. The number of ether oxygens (including phenoxy) is 1. The van der Waals surface area contributed by atoms with Gasteiger partial charge < -0.3 is 15.0 Å². The van der Waals surface area contributed by atoms with Crippen LogP contribution in [0, 0.1) is 5.92 Å². The van der Waals surface area contributed by atoms with Crippen molar-refractivity contribution < 1.29 is 22.7 Å². The molecular formula is C30H35Cl2N3O5S. The molecule has 2 amide bonds. The van der Waals surface area contributed by atoms with Crippen molar-refractivity contribution in [2.24, 2.45) is 5.92 Å². The summed E-state index contributed by atoms with van der Waals surface area (Å²) in [5.74, 6) is -0.341. The van der Waals surface area contributed by atoms with E-state index < -0.39 is 28.5 Å². The molecule has 0 aliphatic heterocycles. The third-order valence-electron chi connectivity index (χ3n) is 6.41. The standard InChI is InChI=1S/C30H35Cl2N3O5S/c1-5-28(30(37)33-18-21(2)3)34(19-25-26(31)15-10-16-27(25)32)29(36)20-35(22-11-9-12-23(17-22)40-4)41(38,39)24-13-7-6-8-14-24/h6-17,21,28H,5,18-20H2,1-4H3,(H,33,37)/t28-/m1/s1. The second-order valence-corrected chi connectivity index (χ2v) is 12.5. The number of rotatable bonds is 13. The van der Waals surface area contributed by atoms with Crippen molar-refractivity contribution in [2.45, 2.75) is 44.7 Å². The molecule has 3 aromatic rings. The van der Waals surface area contributed by atoms with Crippen LogP contribution >= 0.6 is 23.2 Å². The zero-order valence-electron chi connectivity index (χ0n) is 23.5. The molecule has 0 aromatic heterocycles. The average molecular weight is 621 g/mol. The monoisotopic (exact) mass is 619 g/mol. The highest BCUT2D eigenvalue weighted by Crippen LogP contribution is 2.30. The van der Waals surface area contributed by atoms with Crippen LogP contribution in [0.15, 0.2) is 77.7 Å². The van der Waals surface area contributed by atoms with Gasteiger partial charge in [-0.05, 0) is 48.7 Å². The number of hydrogen-bond donors (Lipinski definition) is 1. The fourth-order valence-electron chi connectivity index (χ4n) is 4.21. The highest BCUT2D eigenvalue weighted by Gasteiger charge is 2.34. The van der Waals surface area contributed by atoms with Crippen molar-refractivity contribution in [1.29, 1.82) is 0 Å². The van der Waals surface area contributed by atoms with Gasteiger partial charge in [-0.1, -0.05) is 74.3 Å². The molecule has 1 N–H and O–H groups in total. The Morgan fingerprint density at radius 2 is 1.59 bits per heavy atom. The number of sulfonamides is 1. The van der Waals surface area contributed by atoms with E-state index in [1.54, 1.807) is 61.5 Å². The topological polar surface area (TPSA) is 96.0 Å². The molecule has 1 atom stereocenters. The molecule has 0 spiro atoms. The van der Waals surface area contributed by atoms with Gasteiger partial charge in [0, 0.05) is 34.8 Å². The number of halogens is 2. The van der Waals surface area contributed by atoms with Gasteiger partial charge in [-0.25, -0.2) is 8.42 Å². The van der Waals surface area contributed by atoms with E-state index in [0.717, 1.165) is 4.31 Å². The quantitative estimate of drug-likeness (QED) is 0.262. The van der Waals surface area contributed by atoms with E-state index in [9.17, 15) is 18.0 Å². The number of methoxy groups -OCH3 is 1. The number of hydrogen-bond acceptors (Lipinski definition) is 5. The molecule has 3 aromatic carbocycles. The minimum atomic E-state index is -4.19. The SMILES string of the molecule is CC[C@H](C(=O)NCC(C)C)N(Cc1c(Cl)cccc1Cl)C(=O)CN(c1cccc(OC)c1)S(=O)(=O)c1ccccc1. The first-order valence-corrected chi connectivity index (χ1v) is 15.4. The van der Waals surface area contributed by atoms with Crippen molar-refractivity contribution >= 4 is 50.7 Å². The Bertz CT molecular complexity index is 1430. The van der Waals surface area contributed by atoms with Gasteiger partial charge in [0.25, 0.3) is 10.0 Å². The zero-order chi connectivity index (χ0) is 30.2. The molecule has 0 heterocycles. The molecule has 3 rings (SSSR count). The van der Waals surface area contributed by atoms with Crippen LogP contribution < -0.4 is 14.4 Å². The Balaban J connectivity index is 2.09. The van der Waals surface area contributed by atoms with Gasteiger partial charge in [-0.3, -0.25) is 13.9 Å². The summed E-state index contributed by atoms with van der Waals surface area (Å²) in [6, 6.07) is 18.4. The summed E-state index contributed by atoms with van der Waals surface area (Å²) in [6.45, 7) is 5.46. The van der Waals surface area contributed by atoms with Crippen molar-refractivity contribution in [2.75, 3.05) is 24.5 Å². The summed E-state index contributed by atoms with van der Waals surface area (Å²) in [6.07, 6.45) is 0.280.